The van der Waals surface area contributed by atoms with E-state index >= 15 is 0 Å². The standard InChI is InChI=1S/C18H16N2O2/c1-11-7-8-13(9-12(11)2)19-18(22)15-10-17(21)20-16-6-4-3-5-14(15)16/h3-10H,1-2H3,(H,19,22)(H,20,21). The van der Waals surface area contributed by atoms with Crippen molar-refractivity contribution < 1.29 is 4.79 Å². The number of hydrogen-bond acceptors (Lipinski definition) is 2. The Morgan fingerprint density at radius 1 is 1.00 bits per heavy atom. The molecule has 0 spiro atoms. The molecule has 0 radical (unpaired) electrons. The van der Waals surface area contributed by atoms with Crippen molar-refractivity contribution in [3.63, 3.8) is 0 Å². The Hall–Kier alpha value is -2.88. The Labute approximate surface area is 127 Å². The second-order valence-corrected chi connectivity index (χ2v) is 5.35. The minimum absolute atomic E-state index is 0.287. The van der Waals surface area contributed by atoms with Crippen LogP contribution in [-0.4, -0.2) is 10.9 Å². The van der Waals surface area contributed by atoms with Crippen molar-refractivity contribution in [2.75, 3.05) is 5.32 Å². The molecule has 4 nitrogen and oxygen atoms in total. The van der Waals surface area contributed by atoms with Crippen molar-refractivity contribution in [1.29, 1.82) is 0 Å². The summed E-state index contributed by atoms with van der Waals surface area (Å²) in [6.45, 7) is 4.01. The zero-order valence-corrected chi connectivity index (χ0v) is 12.4. The third-order valence-electron chi connectivity index (χ3n) is 3.76. The molecule has 22 heavy (non-hydrogen) atoms. The van der Waals surface area contributed by atoms with Gasteiger partial charge in [-0.05, 0) is 43.2 Å². The molecule has 0 aliphatic rings. The van der Waals surface area contributed by atoms with E-state index in [4.69, 9.17) is 0 Å². The fourth-order valence-corrected chi connectivity index (χ4v) is 2.41. The number of aryl methyl sites for hydroxylation is 2. The van der Waals surface area contributed by atoms with E-state index in [1.807, 2.05) is 50.2 Å². The molecule has 3 rings (SSSR count). The lowest BCUT2D eigenvalue weighted by Gasteiger charge is -2.09. The zero-order valence-electron chi connectivity index (χ0n) is 12.4. The number of carbonyl (C=O) groups excluding carboxylic acids is 1. The van der Waals surface area contributed by atoms with E-state index in [9.17, 15) is 9.59 Å². The minimum atomic E-state index is -0.288. The van der Waals surface area contributed by atoms with Gasteiger partial charge in [0.15, 0.2) is 0 Å². The number of nitrogens with one attached hydrogen (secondary N) is 2. The summed E-state index contributed by atoms with van der Waals surface area (Å²) >= 11 is 0. The predicted octanol–water partition coefficient (Wildman–Crippen LogP) is 3.40. The Bertz CT molecular complexity index is 926. The molecule has 0 saturated heterocycles. The molecule has 0 atom stereocenters. The van der Waals surface area contributed by atoms with Crippen molar-refractivity contribution in [1.82, 2.24) is 4.98 Å². The highest BCUT2D eigenvalue weighted by Gasteiger charge is 2.12. The molecule has 3 aromatic rings. The smallest absolute Gasteiger partial charge is 0.256 e. The molecule has 110 valence electrons. The SMILES string of the molecule is Cc1ccc(NC(=O)c2cc(=O)[nH]c3ccccc23)cc1C. The highest BCUT2D eigenvalue weighted by Crippen LogP contribution is 2.18. The number of amides is 1. The molecule has 2 N–H and O–H groups in total. The molecule has 0 unspecified atom stereocenters. The molecule has 0 aliphatic heterocycles. The quantitative estimate of drug-likeness (QED) is 0.760. The van der Waals surface area contributed by atoms with Gasteiger partial charge in [0.25, 0.3) is 5.91 Å². The number of para-hydroxylation sites is 1. The lowest BCUT2D eigenvalue weighted by Crippen LogP contribution is -2.17. The summed E-state index contributed by atoms with van der Waals surface area (Å²) < 4.78 is 0. The number of hydrogen-bond donors (Lipinski definition) is 2. The van der Waals surface area contributed by atoms with Crippen LogP contribution in [0.5, 0.6) is 0 Å². The number of H-pyrrole nitrogens is 1. The van der Waals surface area contributed by atoms with E-state index in [0.29, 0.717) is 11.1 Å². The van der Waals surface area contributed by atoms with Gasteiger partial charge >= 0.3 is 0 Å². The van der Waals surface area contributed by atoms with Crippen LogP contribution in [0.2, 0.25) is 0 Å². The van der Waals surface area contributed by atoms with Gasteiger partial charge in [-0.2, -0.15) is 0 Å². The molecule has 0 fully saturated rings. The molecule has 0 bridgehead atoms. The average Bonchev–Trinajstić information content (AvgIpc) is 2.50. The van der Waals surface area contributed by atoms with E-state index in [0.717, 1.165) is 16.6 Å². The summed E-state index contributed by atoms with van der Waals surface area (Å²) in [4.78, 5) is 27.0. The van der Waals surface area contributed by atoms with Gasteiger partial charge in [-0.15, -0.1) is 0 Å². The van der Waals surface area contributed by atoms with Crippen molar-refractivity contribution in [2.24, 2.45) is 0 Å². The molecule has 0 saturated carbocycles. The van der Waals surface area contributed by atoms with Gasteiger partial charge in [0.2, 0.25) is 5.56 Å². The first kappa shape index (κ1) is 14.1. The van der Waals surface area contributed by atoms with Crippen LogP contribution in [0.15, 0.2) is 53.3 Å². The molecular weight excluding hydrogens is 276 g/mol. The van der Waals surface area contributed by atoms with Crippen LogP contribution in [-0.2, 0) is 0 Å². The molecule has 2 aromatic carbocycles. The van der Waals surface area contributed by atoms with Crippen LogP contribution in [0.1, 0.15) is 21.5 Å². The summed E-state index contributed by atoms with van der Waals surface area (Å²) in [5.74, 6) is -0.287. The Morgan fingerprint density at radius 3 is 2.55 bits per heavy atom. The van der Waals surface area contributed by atoms with Crippen LogP contribution < -0.4 is 10.9 Å². The van der Waals surface area contributed by atoms with E-state index in [2.05, 4.69) is 10.3 Å². The fourth-order valence-electron chi connectivity index (χ4n) is 2.41. The van der Waals surface area contributed by atoms with E-state index in [-0.39, 0.29) is 11.5 Å². The average molecular weight is 292 g/mol. The van der Waals surface area contributed by atoms with Gasteiger partial charge in [0.1, 0.15) is 0 Å². The molecule has 4 heteroatoms. The molecular formula is C18H16N2O2. The van der Waals surface area contributed by atoms with E-state index in [1.54, 1.807) is 6.07 Å². The van der Waals surface area contributed by atoms with E-state index < -0.39 is 0 Å². The van der Waals surface area contributed by atoms with Gasteiger partial charge in [-0.1, -0.05) is 24.3 Å². The first-order chi connectivity index (χ1) is 10.5. The summed E-state index contributed by atoms with van der Waals surface area (Å²) in [7, 11) is 0. The van der Waals surface area contributed by atoms with E-state index in [1.165, 1.54) is 11.6 Å². The van der Waals surface area contributed by atoms with Crippen molar-refractivity contribution in [3.8, 4) is 0 Å². The maximum absolute atomic E-state index is 12.5. The van der Waals surface area contributed by atoms with Gasteiger partial charge in [0, 0.05) is 22.7 Å². The number of pyridine rings is 1. The molecule has 1 heterocycles. The number of carbonyl (C=O) groups is 1. The highest BCUT2D eigenvalue weighted by molar-refractivity contribution is 6.12. The Morgan fingerprint density at radius 2 is 1.77 bits per heavy atom. The molecule has 0 aliphatic carbocycles. The minimum Gasteiger partial charge on any atom is -0.322 e. The monoisotopic (exact) mass is 292 g/mol. The number of aromatic amines is 1. The normalized spacial score (nSPS) is 10.6. The number of anilines is 1. The van der Waals surface area contributed by atoms with Gasteiger partial charge in [-0.3, -0.25) is 9.59 Å². The second kappa shape index (κ2) is 5.48. The maximum Gasteiger partial charge on any atom is 0.256 e. The van der Waals surface area contributed by atoms with Crippen LogP contribution in [0, 0.1) is 13.8 Å². The summed E-state index contributed by atoms with van der Waals surface area (Å²) in [6.07, 6.45) is 0. The predicted molar refractivity (Wildman–Crippen MR) is 88.4 cm³/mol. The largest absolute Gasteiger partial charge is 0.322 e. The number of benzene rings is 2. The second-order valence-electron chi connectivity index (χ2n) is 5.35. The third kappa shape index (κ3) is 2.63. The first-order valence-electron chi connectivity index (χ1n) is 7.05. The summed E-state index contributed by atoms with van der Waals surface area (Å²) in [6, 6.07) is 14.3. The fraction of sp³-hybridized carbons (Fsp3) is 0.111. The number of rotatable bonds is 2. The van der Waals surface area contributed by atoms with Crippen LogP contribution in [0.25, 0.3) is 10.9 Å². The third-order valence-corrected chi connectivity index (χ3v) is 3.76. The maximum atomic E-state index is 12.5. The molecule has 1 aromatic heterocycles. The lowest BCUT2D eigenvalue weighted by atomic mass is 10.1. The number of fused-ring (bicyclic) bond motifs is 1. The number of aromatic nitrogens is 1. The van der Waals surface area contributed by atoms with Crippen LogP contribution >= 0.6 is 0 Å². The van der Waals surface area contributed by atoms with Gasteiger partial charge < -0.3 is 10.3 Å². The lowest BCUT2D eigenvalue weighted by molar-refractivity contribution is 0.102. The van der Waals surface area contributed by atoms with Crippen molar-refractivity contribution >= 4 is 22.5 Å². The summed E-state index contributed by atoms with van der Waals surface area (Å²) in [5.41, 5.74) is 3.73. The Balaban J connectivity index is 2.02. The van der Waals surface area contributed by atoms with Gasteiger partial charge in [-0.25, -0.2) is 0 Å². The highest BCUT2D eigenvalue weighted by atomic mass is 16.2. The summed E-state index contributed by atoms with van der Waals surface area (Å²) in [5, 5.41) is 3.58. The molecule has 1 amide bonds. The van der Waals surface area contributed by atoms with Crippen molar-refractivity contribution in [3.05, 3.63) is 75.6 Å². The topological polar surface area (TPSA) is 62.0 Å². The van der Waals surface area contributed by atoms with Crippen molar-refractivity contribution in [2.45, 2.75) is 13.8 Å². The van der Waals surface area contributed by atoms with Crippen LogP contribution in [0.4, 0.5) is 5.69 Å². The first-order valence-corrected chi connectivity index (χ1v) is 7.05. The van der Waals surface area contributed by atoms with Gasteiger partial charge in [0.05, 0.1) is 5.56 Å². The Kier molecular flexibility index (Phi) is 3.51. The van der Waals surface area contributed by atoms with Crippen LogP contribution in [0.3, 0.4) is 0 Å². The zero-order chi connectivity index (χ0) is 15.7.